The summed E-state index contributed by atoms with van der Waals surface area (Å²) in [6.07, 6.45) is 6.46. The number of likely N-dealkylation sites (tertiary alicyclic amines) is 1. The van der Waals surface area contributed by atoms with Crippen molar-refractivity contribution in [3.63, 3.8) is 0 Å². The van der Waals surface area contributed by atoms with E-state index in [1.165, 1.54) is 9.75 Å². The van der Waals surface area contributed by atoms with Crippen LogP contribution in [0.1, 0.15) is 53.5 Å². The topological polar surface area (TPSA) is 82.9 Å². The van der Waals surface area contributed by atoms with Crippen LogP contribution in [0.15, 0.2) is 42.6 Å². The quantitative estimate of drug-likeness (QED) is 0.343. The number of fused-ring (bicyclic) bond motifs is 1. The highest BCUT2D eigenvalue weighted by atomic mass is 32.1. The molecule has 4 rings (SSSR count). The van der Waals surface area contributed by atoms with Gasteiger partial charge < -0.3 is 19.8 Å². The van der Waals surface area contributed by atoms with E-state index in [1.54, 1.807) is 13.3 Å². The number of carbonyl (C=O) groups is 1. The van der Waals surface area contributed by atoms with E-state index in [2.05, 4.69) is 28.9 Å². The minimum absolute atomic E-state index is 0.0788. The van der Waals surface area contributed by atoms with E-state index in [-0.39, 0.29) is 11.8 Å². The molecule has 0 unspecified atom stereocenters. The number of hydrogen-bond donors (Lipinski definition) is 2. The fraction of sp³-hybridized carbons (Fsp3) is 0.500. The molecular weight excluding hydrogens is 460 g/mol. The number of aryl methyl sites for hydroxylation is 2. The first kappa shape index (κ1) is 25.6. The number of aliphatic hydroxyl groups excluding tert-OH is 1. The summed E-state index contributed by atoms with van der Waals surface area (Å²) >= 11 is 1.87. The molecule has 3 heterocycles. The third-order valence-electron chi connectivity index (χ3n) is 7.25. The summed E-state index contributed by atoms with van der Waals surface area (Å²) in [6, 6.07) is 11.9. The van der Waals surface area contributed by atoms with Gasteiger partial charge in [-0.1, -0.05) is 0 Å². The summed E-state index contributed by atoms with van der Waals surface area (Å²) in [5.74, 6) is -0.301. The number of ether oxygens (including phenoxy) is 1. The predicted molar refractivity (Wildman–Crippen MR) is 140 cm³/mol. The van der Waals surface area contributed by atoms with Crippen molar-refractivity contribution in [1.82, 2.24) is 9.88 Å². The maximum absolute atomic E-state index is 12.1. The summed E-state index contributed by atoms with van der Waals surface area (Å²) in [7, 11) is 1.62. The molecule has 35 heavy (non-hydrogen) atoms. The van der Waals surface area contributed by atoms with Gasteiger partial charge in [0.1, 0.15) is 5.75 Å². The van der Waals surface area contributed by atoms with Gasteiger partial charge in [0.25, 0.3) is 0 Å². The van der Waals surface area contributed by atoms with Gasteiger partial charge in [-0.25, -0.2) is 0 Å². The highest BCUT2D eigenvalue weighted by Gasteiger charge is 2.34. The number of carboxylic acids is 1. The number of unbranched alkanes of at least 4 members (excludes halogenated alkanes) is 1. The Labute approximate surface area is 211 Å². The van der Waals surface area contributed by atoms with Crippen LogP contribution in [0.4, 0.5) is 0 Å². The molecule has 0 bridgehead atoms. The SMILES string of the molecule is COc1ccc2nccc([C@H](O)CC[C@@H]3CCN(CCCCc4ccc(C)s4)C[C@@H]3C(=O)O)c2c1. The molecule has 6 nitrogen and oxygen atoms in total. The van der Waals surface area contributed by atoms with Gasteiger partial charge in [0.2, 0.25) is 0 Å². The first-order chi connectivity index (χ1) is 16.9. The molecular formula is C28H36N2O4S. The van der Waals surface area contributed by atoms with Crippen LogP contribution < -0.4 is 4.74 Å². The molecule has 2 aromatic heterocycles. The molecule has 3 atom stereocenters. The van der Waals surface area contributed by atoms with Crippen molar-refractivity contribution in [3.05, 3.63) is 57.9 Å². The number of aliphatic hydroxyl groups is 1. The second-order valence-electron chi connectivity index (χ2n) is 9.64. The maximum Gasteiger partial charge on any atom is 0.308 e. The molecule has 3 aromatic rings. The fourth-order valence-corrected chi connectivity index (χ4v) is 6.17. The molecule has 1 aromatic carbocycles. The summed E-state index contributed by atoms with van der Waals surface area (Å²) < 4.78 is 5.34. The maximum atomic E-state index is 12.1. The number of hydrogen-bond acceptors (Lipinski definition) is 6. The van der Waals surface area contributed by atoms with Crippen molar-refractivity contribution in [1.29, 1.82) is 0 Å². The lowest BCUT2D eigenvalue weighted by molar-refractivity contribution is -0.146. The summed E-state index contributed by atoms with van der Waals surface area (Å²) in [4.78, 5) is 21.6. The number of methoxy groups -OCH3 is 1. The molecule has 7 heteroatoms. The first-order valence-electron chi connectivity index (χ1n) is 12.6. The van der Waals surface area contributed by atoms with Gasteiger partial charge in [-0.15, -0.1) is 11.3 Å². The number of nitrogens with zero attached hydrogens (tertiary/aromatic N) is 2. The molecule has 1 aliphatic rings. The Morgan fingerprint density at radius 2 is 2.11 bits per heavy atom. The van der Waals surface area contributed by atoms with Gasteiger partial charge in [-0.2, -0.15) is 0 Å². The average molecular weight is 497 g/mol. The minimum atomic E-state index is -0.720. The van der Waals surface area contributed by atoms with Crippen LogP contribution in [-0.2, 0) is 11.2 Å². The molecule has 0 radical (unpaired) electrons. The van der Waals surface area contributed by atoms with Gasteiger partial charge in [0.05, 0.1) is 24.6 Å². The predicted octanol–water partition coefficient (Wildman–Crippen LogP) is 5.47. The number of carboxylic acid groups (broad SMARTS) is 1. The number of piperidine rings is 1. The van der Waals surface area contributed by atoms with Crippen molar-refractivity contribution in [2.24, 2.45) is 11.8 Å². The van der Waals surface area contributed by atoms with E-state index in [0.717, 1.165) is 61.0 Å². The van der Waals surface area contributed by atoms with Crippen molar-refractivity contribution in [2.45, 2.75) is 51.6 Å². The number of aliphatic carboxylic acids is 1. The van der Waals surface area contributed by atoms with Gasteiger partial charge in [0, 0.05) is 27.9 Å². The van der Waals surface area contributed by atoms with Gasteiger partial charge in [-0.3, -0.25) is 9.78 Å². The van der Waals surface area contributed by atoms with E-state index in [4.69, 9.17) is 4.74 Å². The molecule has 2 N–H and O–H groups in total. The zero-order valence-electron chi connectivity index (χ0n) is 20.7. The molecule has 1 saturated heterocycles. The Morgan fingerprint density at radius 1 is 1.26 bits per heavy atom. The van der Waals surface area contributed by atoms with E-state index in [0.29, 0.717) is 19.4 Å². The van der Waals surface area contributed by atoms with Crippen molar-refractivity contribution in [3.8, 4) is 5.75 Å². The van der Waals surface area contributed by atoms with Crippen LogP contribution in [-0.4, -0.2) is 52.8 Å². The van der Waals surface area contributed by atoms with E-state index < -0.39 is 12.1 Å². The van der Waals surface area contributed by atoms with Crippen molar-refractivity contribution >= 4 is 28.2 Å². The molecule has 0 saturated carbocycles. The third-order valence-corrected chi connectivity index (χ3v) is 8.31. The van der Waals surface area contributed by atoms with Crippen LogP contribution >= 0.6 is 11.3 Å². The summed E-state index contributed by atoms with van der Waals surface area (Å²) in [5.41, 5.74) is 1.63. The highest BCUT2D eigenvalue weighted by Crippen LogP contribution is 2.34. The Bertz CT molecular complexity index is 1130. The second-order valence-corrected chi connectivity index (χ2v) is 11.0. The molecule has 1 aliphatic heterocycles. The zero-order chi connectivity index (χ0) is 24.8. The number of benzene rings is 1. The molecule has 1 fully saturated rings. The minimum Gasteiger partial charge on any atom is -0.497 e. The summed E-state index contributed by atoms with van der Waals surface area (Å²) in [6.45, 7) is 4.62. The van der Waals surface area contributed by atoms with Crippen LogP contribution in [0, 0.1) is 18.8 Å². The lowest BCUT2D eigenvalue weighted by atomic mass is 9.81. The van der Waals surface area contributed by atoms with Crippen LogP contribution in [0.5, 0.6) is 5.75 Å². The van der Waals surface area contributed by atoms with Crippen LogP contribution in [0.3, 0.4) is 0 Å². The Kier molecular flexibility index (Phi) is 8.76. The Balaban J connectivity index is 1.30. The number of pyridine rings is 1. The average Bonchev–Trinajstić information content (AvgIpc) is 3.29. The Morgan fingerprint density at radius 3 is 2.86 bits per heavy atom. The third kappa shape index (κ3) is 6.60. The Hall–Kier alpha value is -2.48. The molecule has 0 amide bonds. The lowest BCUT2D eigenvalue weighted by Crippen LogP contribution is -2.44. The normalized spacial score (nSPS) is 19.6. The van der Waals surface area contributed by atoms with Crippen LogP contribution in [0.2, 0.25) is 0 Å². The monoisotopic (exact) mass is 496 g/mol. The molecule has 188 valence electrons. The van der Waals surface area contributed by atoms with E-state index >= 15 is 0 Å². The lowest BCUT2D eigenvalue weighted by Gasteiger charge is -2.37. The van der Waals surface area contributed by atoms with E-state index in [1.807, 2.05) is 35.6 Å². The zero-order valence-corrected chi connectivity index (χ0v) is 21.5. The van der Waals surface area contributed by atoms with Gasteiger partial charge >= 0.3 is 5.97 Å². The molecule has 0 spiro atoms. The second kappa shape index (κ2) is 12.0. The van der Waals surface area contributed by atoms with Crippen molar-refractivity contribution in [2.75, 3.05) is 26.7 Å². The van der Waals surface area contributed by atoms with Crippen molar-refractivity contribution < 1.29 is 19.7 Å². The van der Waals surface area contributed by atoms with Crippen LogP contribution in [0.25, 0.3) is 10.9 Å². The largest absolute Gasteiger partial charge is 0.497 e. The number of rotatable bonds is 11. The van der Waals surface area contributed by atoms with Gasteiger partial charge in [-0.05, 0) is 106 Å². The highest BCUT2D eigenvalue weighted by molar-refractivity contribution is 7.11. The fourth-order valence-electron chi connectivity index (χ4n) is 5.24. The smallest absolute Gasteiger partial charge is 0.308 e. The number of thiophene rings is 1. The first-order valence-corrected chi connectivity index (χ1v) is 13.4. The standard InChI is InChI=1S/C28H36N2O4S/c1-19-6-9-22(35-19)5-3-4-15-30-16-13-20(25(18-30)28(32)33)7-11-27(31)23-12-14-29-26-10-8-21(34-2)17-24(23)26/h6,8-10,12,14,17,20,25,27,31H,3-5,7,11,13,15-16,18H2,1-2H3,(H,32,33)/t20-,25+,27-/m1/s1. The van der Waals surface area contributed by atoms with E-state index in [9.17, 15) is 15.0 Å². The molecule has 0 aliphatic carbocycles. The number of aromatic nitrogens is 1. The van der Waals surface area contributed by atoms with Gasteiger partial charge in [0.15, 0.2) is 0 Å². The summed E-state index contributed by atoms with van der Waals surface area (Å²) in [5, 5.41) is 21.8.